The summed E-state index contributed by atoms with van der Waals surface area (Å²) in [6, 6.07) is 66.3. The third kappa shape index (κ3) is 4.13. The number of benzene rings is 9. The molecule has 0 spiro atoms. The van der Waals surface area contributed by atoms with Crippen molar-refractivity contribution in [3.8, 4) is 5.69 Å². The molecule has 0 bridgehead atoms. The fourth-order valence-corrected chi connectivity index (χ4v) is 7.68. The van der Waals surface area contributed by atoms with Crippen LogP contribution in [0.5, 0.6) is 0 Å². The highest BCUT2D eigenvalue weighted by atomic mass is 15.1. The first-order chi connectivity index (χ1) is 23.8. The maximum absolute atomic E-state index is 2.42. The third-order valence-corrected chi connectivity index (χ3v) is 9.87. The second kappa shape index (κ2) is 10.6. The SMILES string of the molecule is c1ccc(N(c2cccc(-n3c4ccccc4c4cc5ccccc5cc43)c2)c2ccc3ccc4ccc5ccccc5c4c3c2)cc1. The number of para-hydroxylation sites is 2. The average molecular weight is 611 g/mol. The number of hydrogen-bond acceptors (Lipinski definition) is 1. The Kier molecular flexibility index (Phi) is 5.91. The Bertz CT molecular complexity index is 2840. The fraction of sp³-hybridized carbons (Fsp3) is 0. The summed E-state index contributed by atoms with van der Waals surface area (Å²) in [7, 11) is 0. The van der Waals surface area contributed by atoms with Gasteiger partial charge in [0.15, 0.2) is 0 Å². The first-order valence-corrected chi connectivity index (χ1v) is 16.5. The molecule has 10 rings (SSSR count). The van der Waals surface area contributed by atoms with Gasteiger partial charge in [0.05, 0.1) is 11.0 Å². The van der Waals surface area contributed by atoms with E-state index in [0.717, 1.165) is 22.7 Å². The van der Waals surface area contributed by atoms with Crippen LogP contribution >= 0.6 is 0 Å². The first-order valence-electron chi connectivity index (χ1n) is 16.5. The minimum atomic E-state index is 1.11. The molecular weight excluding hydrogens is 581 g/mol. The number of anilines is 3. The minimum Gasteiger partial charge on any atom is -0.310 e. The van der Waals surface area contributed by atoms with E-state index in [4.69, 9.17) is 0 Å². The van der Waals surface area contributed by atoms with Crippen LogP contribution < -0.4 is 4.90 Å². The molecular formula is C46H30N2. The van der Waals surface area contributed by atoms with Gasteiger partial charge >= 0.3 is 0 Å². The van der Waals surface area contributed by atoms with Gasteiger partial charge in [-0.25, -0.2) is 0 Å². The Morgan fingerprint density at radius 3 is 1.75 bits per heavy atom. The summed E-state index contributed by atoms with van der Waals surface area (Å²) in [4.78, 5) is 2.39. The molecule has 0 N–H and O–H groups in total. The molecule has 0 aliphatic carbocycles. The topological polar surface area (TPSA) is 8.17 Å². The largest absolute Gasteiger partial charge is 0.310 e. The zero-order valence-electron chi connectivity index (χ0n) is 26.2. The molecule has 0 aliphatic heterocycles. The number of aromatic nitrogens is 1. The molecule has 0 amide bonds. The highest BCUT2D eigenvalue weighted by Gasteiger charge is 2.18. The first kappa shape index (κ1) is 26.8. The van der Waals surface area contributed by atoms with Crippen molar-refractivity contribution in [1.82, 2.24) is 4.57 Å². The standard InChI is InChI=1S/C46H30N2/c1-2-14-36(15-3-1)47(39-26-25-32-22-24-33-23-21-31-11-6-7-18-40(31)46(33)42(32)30-39)37-16-10-17-38(29-37)48-44-20-9-8-19-41(44)43-27-34-12-4-5-13-35(34)28-45(43)48/h1-30H. The lowest BCUT2D eigenvalue weighted by molar-refractivity contribution is 1.17. The predicted molar refractivity (Wildman–Crippen MR) is 205 cm³/mol. The van der Waals surface area contributed by atoms with E-state index in [1.54, 1.807) is 0 Å². The van der Waals surface area contributed by atoms with E-state index in [2.05, 4.69) is 191 Å². The molecule has 1 aromatic heterocycles. The molecule has 2 nitrogen and oxygen atoms in total. The third-order valence-electron chi connectivity index (χ3n) is 9.87. The van der Waals surface area contributed by atoms with Gasteiger partial charge < -0.3 is 9.47 Å². The molecule has 224 valence electrons. The van der Waals surface area contributed by atoms with Gasteiger partial charge in [-0.3, -0.25) is 0 Å². The molecule has 0 fully saturated rings. The van der Waals surface area contributed by atoms with Gasteiger partial charge in [0.1, 0.15) is 0 Å². The molecule has 9 aromatic carbocycles. The summed E-state index contributed by atoms with van der Waals surface area (Å²) in [5, 5.41) is 12.6. The van der Waals surface area contributed by atoms with Gasteiger partial charge in [-0.15, -0.1) is 0 Å². The summed E-state index contributed by atoms with van der Waals surface area (Å²) in [5.41, 5.74) is 6.89. The highest BCUT2D eigenvalue weighted by molar-refractivity contribution is 6.21. The normalized spacial score (nSPS) is 11.8. The van der Waals surface area contributed by atoms with Crippen LogP contribution in [0.1, 0.15) is 0 Å². The molecule has 0 saturated carbocycles. The molecule has 1 heterocycles. The van der Waals surface area contributed by atoms with Crippen molar-refractivity contribution >= 4 is 82.0 Å². The van der Waals surface area contributed by atoms with Gasteiger partial charge in [-0.05, 0) is 104 Å². The second-order valence-corrected chi connectivity index (χ2v) is 12.6. The molecule has 0 aliphatic rings. The number of hydrogen-bond donors (Lipinski definition) is 0. The quantitative estimate of drug-likeness (QED) is 0.180. The zero-order valence-corrected chi connectivity index (χ0v) is 26.2. The minimum absolute atomic E-state index is 1.11. The smallest absolute Gasteiger partial charge is 0.0547 e. The fourth-order valence-electron chi connectivity index (χ4n) is 7.68. The summed E-state index contributed by atoms with van der Waals surface area (Å²) in [6.07, 6.45) is 0. The van der Waals surface area contributed by atoms with Crippen LogP contribution in [0.25, 0.3) is 70.6 Å². The van der Waals surface area contributed by atoms with E-state index in [9.17, 15) is 0 Å². The highest BCUT2D eigenvalue weighted by Crippen LogP contribution is 2.41. The van der Waals surface area contributed by atoms with Crippen LogP contribution in [0.3, 0.4) is 0 Å². The molecule has 0 saturated heterocycles. The van der Waals surface area contributed by atoms with Crippen molar-refractivity contribution in [2.45, 2.75) is 0 Å². The van der Waals surface area contributed by atoms with Crippen molar-refractivity contribution in [1.29, 1.82) is 0 Å². The van der Waals surface area contributed by atoms with Gasteiger partial charge in [0, 0.05) is 33.5 Å². The van der Waals surface area contributed by atoms with Crippen LogP contribution in [0.15, 0.2) is 182 Å². The van der Waals surface area contributed by atoms with Crippen LogP contribution in [0.2, 0.25) is 0 Å². The van der Waals surface area contributed by atoms with Crippen LogP contribution in [-0.4, -0.2) is 4.57 Å². The average Bonchev–Trinajstić information content (AvgIpc) is 3.47. The Labute approximate surface area is 278 Å². The summed E-state index contributed by atoms with van der Waals surface area (Å²) in [5.74, 6) is 0. The van der Waals surface area contributed by atoms with E-state index in [-0.39, 0.29) is 0 Å². The Morgan fingerprint density at radius 2 is 0.917 bits per heavy atom. The van der Waals surface area contributed by atoms with Crippen molar-refractivity contribution in [3.05, 3.63) is 182 Å². The van der Waals surface area contributed by atoms with Gasteiger partial charge in [-0.2, -0.15) is 0 Å². The van der Waals surface area contributed by atoms with Crippen molar-refractivity contribution in [2.75, 3.05) is 4.90 Å². The molecule has 10 aromatic rings. The molecule has 0 unspecified atom stereocenters. The molecule has 48 heavy (non-hydrogen) atoms. The van der Waals surface area contributed by atoms with E-state index in [1.807, 2.05) is 0 Å². The van der Waals surface area contributed by atoms with Gasteiger partial charge in [-0.1, -0.05) is 121 Å². The van der Waals surface area contributed by atoms with Crippen LogP contribution in [0, 0.1) is 0 Å². The summed E-state index contributed by atoms with van der Waals surface area (Å²) >= 11 is 0. The number of fused-ring (bicyclic) bond motifs is 9. The number of nitrogens with zero attached hydrogens (tertiary/aromatic N) is 2. The van der Waals surface area contributed by atoms with Crippen molar-refractivity contribution < 1.29 is 0 Å². The van der Waals surface area contributed by atoms with E-state index >= 15 is 0 Å². The maximum atomic E-state index is 2.42. The van der Waals surface area contributed by atoms with Crippen LogP contribution in [0.4, 0.5) is 17.1 Å². The Balaban J connectivity index is 1.22. The summed E-state index contributed by atoms with van der Waals surface area (Å²) in [6.45, 7) is 0. The Hall–Kier alpha value is -6.38. The molecule has 2 heteroatoms. The monoisotopic (exact) mass is 610 g/mol. The van der Waals surface area contributed by atoms with Crippen LogP contribution in [-0.2, 0) is 0 Å². The predicted octanol–water partition coefficient (Wildman–Crippen LogP) is 12.9. The molecule has 0 atom stereocenters. The van der Waals surface area contributed by atoms with Gasteiger partial charge in [0.2, 0.25) is 0 Å². The number of rotatable bonds is 4. The second-order valence-electron chi connectivity index (χ2n) is 12.6. The van der Waals surface area contributed by atoms with E-state index in [0.29, 0.717) is 0 Å². The lowest BCUT2D eigenvalue weighted by atomic mass is 9.96. The maximum Gasteiger partial charge on any atom is 0.0547 e. The Morgan fingerprint density at radius 1 is 0.312 bits per heavy atom. The van der Waals surface area contributed by atoms with E-state index < -0.39 is 0 Å². The molecule has 0 radical (unpaired) electrons. The lowest BCUT2D eigenvalue weighted by Gasteiger charge is -2.26. The van der Waals surface area contributed by atoms with Gasteiger partial charge in [0.25, 0.3) is 0 Å². The van der Waals surface area contributed by atoms with Crippen molar-refractivity contribution in [3.63, 3.8) is 0 Å². The lowest BCUT2D eigenvalue weighted by Crippen LogP contribution is -2.10. The summed E-state index contributed by atoms with van der Waals surface area (Å²) < 4.78 is 2.42. The van der Waals surface area contributed by atoms with Crippen molar-refractivity contribution in [2.24, 2.45) is 0 Å². The zero-order chi connectivity index (χ0) is 31.6. The van der Waals surface area contributed by atoms with E-state index in [1.165, 1.54) is 64.9 Å².